The summed E-state index contributed by atoms with van der Waals surface area (Å²) >= 11 is 0. The van der Waals surface area contributed by atoms with Gasteiger partial charge in [-0.05, 0) is 154 Å². The fraction of sp³-hybridized carbons (Fsp3) is 0.0244. The maximum Gasteiger partial charge on any atom is 0.162 e. The Bertz CT molecular complexity index is 8320. The van der Waals surface area contributed by atoms with E-state index in [0.717, 1.165) is 168 Å². The summed E-state index contributed by atoms with van der Waals surface area (Å²) in [5.74, 6) is 1.31. The van der Waals surface area contributed by atoms with Crippen LogP contribution in [0.1, 0.15) is 25.0 Å². The van der Waals surface area contributed by atoms with Crippen LogP contribution >= 0.6 is 0 Å². The summed E-state index contributed by atoms with van der Waals surface area (Å²) in [5.41, 5.74) is 36.7. The van der Waals surface area contributed by atoms with Crippen LogP contribution in [0.2, 0.25) is 0 Å². The number of benzene rings is 17. The summed E-state index contributed by atoms with van der Waals surface area (Å²) in [6.07, 6.45) is 0. The van der Waals surface area contributed by atoms with Crippen molar-refractivity contribution in [3.63, 3.8) is 0 Å². The van der Waals surface area contributed by atoms with Crippen molar-refractivity contribution in [2.24, 2.45) is 0 Å². The molecule has 1 aliphatic rings. The third-order valence-corrected chi connectivity index (χ3v) is 26.1. The predicted molar refractivity (Wildman–Crippen MR) is 545 cm³/mol. The highest BCUT2D eigenvalue weighted by molar-refractivity contribution is 6.29. The van der Waals surface area contributed by atoms with E-state index in [0.29, 0.717) is 11.6 Å². The summed E-state index contributed by atoms with van der Waals surface area (Å²) in [4.78, 5) is 32.1. The molecule has 132 heavy (non-hydrogen) atoms. The van der Waals surface area contributed by atoms with Gasteiger partial charge in [-0.3, -0.25) is 0 Å². The van der Waals surface area contributed by atoms with Crippen LogP contribution in [0.15, 0.2) is 467 Å². The van der Waals surface area contributed by atoms with Crippen molar-refractivity contribution in [3.05, 3.63) is 478 Å². The largest absolute Gasteiger partial charge is 0.309 e. The Kier molecular flexibility index (Phi) is 19.4. The summed E-state index contributed by atoms with van der Waals surface area (Å²) in [7, 11) is 0. The highest BCUT2D eigenvalue weighted by Gasteiger charge is 2.38. The van der Waals surface area contributed by atoms with E-state index in [-0.39, 0.29) is 5.41 Å². The monoisotopic (exact) mass is 1690 g/mol. The zero-order chi connectivity index (χ0) is 87.7. The molecule has 0 spiro atoms. The van der Waals surface area contributed by atoms with Crippen molar-refractivity contribution < 1.29 is 0 Å². The van der Waals surface area contributed by atoms with Crippen molar-refractivity contribution in [2.75, 3.05) is 0 Å². The second-order valence-corrected chi connectivity index (χ2v) is 34.4. The van der Waals surface area contributed by atoms with Crippen molar-refractivity contribution in [3.8, 4) is 163 Å². The van der Waals surface area contributed by atoms with Crippen LogP contribution in [0.3, 0.4) is 0 Å². The zero-order valence-electron chi connectivity index (χ0n) is 72.5. The van der Waals surface area contributed by atoms with Crippen molar-refractivity contribution >= 4 is 65.4 Å². The van der Waals surface area contributed by atoms with Crippen LogP contribution in [0.4, 0.5) is 0 Å². The van der Waals surface area contributed by atoms with Gasteiger partial charge >= 0.3 is 0 Å². The van der Waals surface area contributed by atoms with E-state index >= 15 is 0 Å². The molecule has 0 aliphatic heterocycles. The molecule has 0 fully saturated rings. The van der Waals surface area contributed by atoms with Gasteiger partial charge < -0.3 is 13.7 Å². The molecule has 0 bridgehead atoms. The van der Waals surface area contributed by atoms with Crippen LogP contribution in [0.25, 0.3) is 229 Å². The molecule has 7 aromatic heterocycles. The summed E-state index contributed by atoms with van der Waals surface area (Å²) in [6, 6.07) is 166. The molecule has 1 aliphatic carbocycles. The van der Waals surface area contributed by atoms with E-state index in [1.54, 1.807) is 0 Å². The maximum atomic E-state index is 5.48. The second-order valence-electron chi connectivity index (χ2n) is 34.4. The lowest BCUT2D eigenvalue weighted by Crippen LogP contribution is -2.14. The standard InChI is InChI=1S/C63H41N5.C60H42N4/c1-6-20-42(21-7-1)52-39-47(40-53(64-52)43-22-8-2-9-23-43)46-34-35-58(51(38-46)63-65-54(44-24-10-3-11-25-44)41-55(66-63)45-26-12-4-13-27-45)68-57-33-19-17-31-50(57)62-60(68)37-36-59-61(62)49-30-16-18-32-56(49)67(59)48-28-14-5-15-29-48;1-60(2)48-29-17-15-27-45(48)57-49(60)32-34-56-58(57)46-28-16-18-30-54(46)64(56)55-33-31-43(44-36-50(39-19-7-3-8-20-39)61-51(37-44)40-21-9-4-10-22-40)35-47(55)53-38-52(41-23-11-5-12-24-41)62-59(63-53)42-25-13-6-14-26-42/h1-41H;3-38H,1-2H3. The first-order valence-electron chi connectivity index (χ1n) is 45.0. The van der Waals surface area contributed by atoms with Gasteiger partial charge in [0.25, 0.3) is 0 Å². The van der Waals surface area contributed by atoms with Gasteiger partial charge in [0.05, 0.1) is 90.0 Å². The SMILES string of the molecule is CC1(C)c2ccccc2-c2c1ccc1c2c2ccccc2n1-c1ccc(-c2cc(-c3ccccc3)nc(-c3ccccc3)c2)cc1-c1cc(-c2ccccc2)nc(-c2ccccc2)n1.c1ccc(-c2cc(-c3ccc(-n4c5ccccc5c5c6c7ccccc7n(-c7ccccc7)c6ccc54)c(-c4nc(-c5ccccc5)cc(-c5ccccc5)n4)c3)cc(-c3ccccc3)n2)cc1. The lowest BCUT2D eigenvalue weighted by atomic mass is 9.82. The first-order valence-corrected chi connectivity index (χ1v) is 45.0. The maximum absolute atomic E-state index is 5.48. The lowest BCUT2D eigenvalue weighted by molar-refractivity contribution is 0.661. The fourth-order valence-electron chi connectivity index (χ4n) is 19.9. The normalized spacial score (nSPS) is 12.1. The molecule has 9 nitrogen and oxygen atoms in total. The Labute approximate surface area is 764 Å². The Morgan fingerprint density at radius 2 is 0.492 bits per heavy atom. The number of para-hydroxylation sites is 4. The van der Waals surface area contributed by atoms with Gasteiger partial charge in [-0.25, -0.2) is 29.9 Å². The van der Waals surface area contributed by atoms with Crippen molar-refractivity contribution in [1.29, 1.82) is 0 Å². The molecule has 0 atom stereocenters. The molecular weight excluding hydrogens is 1600 g/mol. The number of pyridine rings is 2. The topological polar surface area (TPSA) is 92.1 Å². The predicted octanol–water partition coefficient (Wildman–Crippen LogP) is 31.3. The molecule has 24 aromatic rings. The van der Waals surface area contributed by atoms with E-state index in [2.05, 4.69) is 434 Å². The number of fused-ring (bicyclic) bond motifs is 14. The molecule has 9 heteroatoms. The molecule has 7 heterocycles. The van der Waals surface area contributed by atoms with Crippen LogP contribution in [0, 0.1) is 0 Å². The highest BCUT2D eigenvalue weighted by atomic mass is 15.0. The Balaban J connectivity index is 0.000000146. The van der Waals surface area contributed by atoms with Gasteiger partial charge in [-0.15, -0.1) is 0 Å². The van der Waals surface area contributed by atoms with Gasteiger partial charge in [0.2, 0.25) is 0 Å². The van der Waals surface area contributed by atoms with Crippen molar-refractivity contribution in [2.45, 2.75) is 19.3 Å². The molecule has 25 rings (SSSR count). The summed E-state index contributed by atoms with van der Waals surface area (Å²) in [6.45, 7) is 4.71. The first kappa shape index (κ1) is 78.1. The van der Waals surface area contributed by atoms with Crippen LogP contribution in [-0.2, 0) is 5.41 Å². The summed E-state index contributed by atoms with van der Waals surface area (Å²) in [5, 5.41) is 7.32. The summed E-state index contributed by atoms with van der Waals surface area (Å²) < 4.78 is 7.28. The number of rotatable bonds is 15. The van der Waals surface area contributed by atoms with Gasteiger partial charge in [-0.1, -0.05) is 372 Å². The molecule has 17 aromatic carbocycles. The Morgan fingerprint density at radius 3 is 0.932 bits per heavy atom. The Morgan fingerprint density at radius 1 is 0.182 bits per heavy atom. The third-order valence-electron chi connectivity index (χ3n) is 26.1. The minimum atomic E-state index is -0.124. The van der Waals surface area contributed by atoms with Crippen LogP contribution < -0.4 is 0 Å². The minimum Gasteiger partial charge on any atom is -0.309 e. The molecule has 0 amide bonds. The zero-order valence-corrected chi connectivity index (χ0v) is 72.5. The molecule has 620 valence electrons. The van der Waals surface area contributed by atoms with E-state index in [1.807, 2.05) is 60.7 Å². The quantitative estimate of drug-likeness (QED) is 0.102. The molecule has 0 N–H and O–H groups in total. The minimum absolute atomic E-state index is 0.124. The average Bonchev–Trinajstić information content (AvgIpc) is 1.54. The van der Waals surface area contributed by atoms with Gasteiger partial charge in [0.15, 0.2) is 11.6 Å². The van der Waals surface area contributed by atoms with E-state index in [4.69, 9.17) is 29.9 Å². The molecule has 0 unspecified atom stereocenters. The fourth-order valence-corrected chi connectivity index (χ4v) is 19.9. The molecular formula is C123H83N9. The van der Waals surface area contributed by atoms with Gasteiger partial charge in [-0.2, -0.15) is 0 Å². The van der Waals surface area contributed by atoms with E-state index in [1.165, 1.54) is 60.1 Å². The van der Waals surface area contributed by atoms with Gasteiger partial charge in [0.1, 0.15) is 0 Å². The van der Waals surface area contributed by atoms with Crippen LogP contribution in [-0.4, -0.2) is 43.6 Å². The first-order chi connectivity index (χ1) is 65.2. The molecule has 0 saturated heterocycles. The highest BCUT2D eigenvalue weighted by Crippen LogP contribution is 2.55. The average molecular weight is 1690 g/mol. The second kappa shape index (κ2) is 32.8. The van der Waals surface area contributed by atoms with Crippen molar-refractivity contribution in [1.82, 2.24) is 43.6 Å². The van der Waals surface area contributed by atoms with Gasteiger partial charge in [0, 0.05) is 99.1 Å². The number of hydrogen-bond acceptors (Lipinski definition) is 6. The smallest absolute Gasteiger partial charge is 0.162 e. The Hall–Kier alpha value is -17.4. The molecule has 0 saturated carbocycles. The number of nitrogens with zero attached hydrogens (tertiary/aromatic N) is 9. The van der Waals surface area contributed by atoms with E-state index in [9.17, 15) is 0 Å². The lowest BCUT2D eigenvalue weighted by Gasteiger charge is -2.21. The number of aromatic nitrogens is 9. The molecule has 0 radical (unpaired) electrons. The number of hydrogen-bond donors (Lipinski definition) is 0. The third kappa shape index (κ3) is 13.8. The van der Waals surface area contributed by atoms with Crippen LogP contribution in [0.5, 0.6) is 0 Å². The van der Waals surface area contributed by atoms with E-state index < -0.39 is 0 Å².